The van der Waals surface area contributed by atoms with Crippen LogP contribution >= 0.6 is 0 Å². The van der Waals surface area contributed by atoms with E-state index in [0.29, 0.717) is 25.8 Å². The first kappa shape index (κ1) is 22.3. The molecule has 0 spiro atoms. The summed E-state index contributed by atoms with van der Waals surface area (Å²) in [5, 5.41) is 15.2. The maximum Gasteiger partial charge on any atom is 0.326 e. The molecule has 0 radical (unpaired) electrons. The fourth-order valence-electron chi connectivity index (χ4n) is 3.82. The number of aromatic nitrogens is 1. The number of rotatable bonds is 8. The molecule has 1 fully saturated rings. The number of nitrogens with zero attached hydrogens (tertiary/aromatic N) is 1. The Kier molecular flexibility index (Phi) is 6.91. The van der Waals surface area contributed by atoms with Crippen LogP contribution in [0.15, 0.2) is 30.5 Å². The summed E-state index contributed by atoms with van der Waals surface area (Å²) in [6.45, 7) is 1.50. The van der Waals surface area contributed by atoms with Crippen LogP contribution in [0.3, 0.4) is 0 Å². The van der Waals surface area contributed by atoms with E-state index in [9.17, 15) is 24.3 Å². The summed E-state index contributed by atoms with van der Waals surface area (Å²) in [6.07, 6.45) is 3.11. The lowest BCUT2D eigenvalue weighted by Crippen LogP contribution is -2.52. The Morgan fingerprint density at radius 3 is 2.77 bits per heavy atom. The molecule has 3 rings (SSSR count). The van der Waals surface area contributed by atoms with Crippen molar-refractivity contribution in [3.63, 3.8) is 0 Å². The molecule has 166 valence electrons. The van der Waals surface area contributed by atoms with E-state index in [2.05, 4.69) is 15.6 Å². The van der Waals surface area contributed by atoms with Gasteiger partial charge in [0, 0.05) is 23.6 Å². The minimum Gasteiger partial charge on any atom is -0.480 e. The van der Waals surface area contributed by atoms with E-state index in [1.807, 2.05) is 24.3 Å². The van der Waals surface area contributed by atoms with Crippen LogP contribution in [0, 0.1) is 0 Å². The number of hydrogen-bond donors (Lipinski definition) is 5. The Morgan fingerprint density at radius 2 is 2.03 bits per heavy atom. The molecule has 1 aromatic carbocycles. The van der Waals surface area contributed by atoms with Gasteiger partial charge in [-0.05, 0) is 37.8 Å². The first-order chi connectivity index (χ1) is 14.8. The van der Waals surface area contributed by atoms with Crippen molar-refractivity contribution in [2.45, 2.75) is 44.3 Å². The van der Waals surface area contributed by atoms with Gasteiger partial charge in [0.1, 0.15) is 12.1 Å². The number of aromatic amines is 1. The Bertz CT molecular complexity index is 987. The van der Waals surface area contributed by atoms with Gasteiger partial charge in [-0.1, -0.05) is 18.2 Å². The smallest absolute Gasteiger partial charge is 0.326 e. The van der Waals surface area contributed by atoms with Crippen LogP contribution in [0.4, 0.5) is 0 Å². The molecular weight excluding hydrogens is 402 g/mol. The Hall–Kier alpha value is -3.40. The van der Waals surface area contributed by atoms with Crippen LogP contribution in [0.5, 0.6) is 0 Å². The second-order valence-corrected chi connectivity index (χ2v) is 7.71. The van der Waals surface area contributed by atoms with E-state index in [4.69, 9.17) is 5.73 Å². The maximum absolute atomic E-state index is 12.5. The maximum atomic E-state index is 12.5. The number of amides is 3. The standard InChI is InChI=1S/C21H27N5O5/c1-12(20(29)26-8-4-7-17(26)21(30)31)25-18(27)11-24-19(28)15(22)9-13-10-23-16-6-3-2-5-14(13)16/h2-3,5-6,10,12,15,17,23H,4,7-9,11,22H2,1H3,(H,24,28)(H,25,27)(H,30,31). The van der Waals surface area contributed by atoms with Crippen molar-refractivity contribution in [2.24, 2.45) is 5.73 Å². The molecule has 0 aliphatic carbocycles. The highest BCUT2D eigenvalue weighted by molar-refractivity contribution is 5.93. The quantitative estimate of drug-likeness (QED) is 0.389. The van der Waals surface area contributed by atoms with Crippen molar-refractivity contribution in [3.05, 3.63) is 36.0 Å². The zero-order valence-corrected chi connectivity index (χ0v) is 17.3. The van der Waals surface area contributed by atoms with Crippen LogP contribution in [0.2, 0.25) is 0 Å². The third-order valence-corrected chi connectivity index (χ3v) is 5.44. The van der Waals surface area contributed by atoms with Crippen molar-refractivity contribution in [2.75, 3.05) is 13.1 Å². The number of carbonyl (C=O) groups excluding carboxylic acids is 3. The molecule has 3 amide bonds. The lowest BCUT2D eigenvalue weighted by atomic mass is 10.1. The molecule has 2 aromatic rings. The van der Waals surface area contributed by atoms with Gasteiger partial charge in [-0.2, -0.15) is 0 Å². The van der Waals surface area contributed by atoms with E-state index < -0.39 is 41.8 Å². The van der Waals surface area contributed by atoms with Gasteiger partial charge in [0.2, 0.25) is 17.7 Å². The van der Waals surface area contributed by atoms with Gasteiger partial charge in [-0.3, -0.25) is 14.4 Å². The zero-order valence-electron chi connectivity index (χ0n) is 17.3. The Balaban J connectivity index is 1.46. The fraction of sp³-hybridized carbons (Fsp3) is 0.429. The van der Waals surface area contributed by atoms with Crippen molar-refractivity contribution >= 4 is 34.6 Å². The number of aliphatic carboxylic acids is 1. The molecule has 1 aliphatic rings. The molecule has 31 heavy (non-hydrogen) atoms. The Labute approximate surface area is 179 Å². The van der Waals surface area contributed by atoms with Crippen molar-refractivity contribution < 1.29 is 24.3 Å². The van der Waals surface area contributed by atoms with Gasteiger partial charge in [0.15, 0.2) is 0 Å². The van der Waals surface area contributed by atoms with Gasteiger partial charge < -0.3 is 31.4 Å². The summed E-state index contributed by atoms with van der Waals surface area (Å²) in [4.78, 5) is 52.5. The molecule has 0 saturated carbocycles. The van der Waals surface area contributed by atoms with Gasteiger partial charge >= 0.3 is 5.97 Å². The van der Waals surface area contributed by atoms with Gasteiger partial charge in [-0.25, -0.2) is 4.79 Å². The second kappa shape index (κ2) is 9.61. The zero-order chi connectivity index (χ0) is 22.5. The lowest BCUT2D eigenvalue weighted by Gasteiger charge is -2.25. The van der Waals surface area contributed by atoms with Crippen LogP contribution in [-0.2, 0) is 25.6 Å². The molecule has 1 aromatic heterocycles. The number of nitrogens with one attached hydrogen (secondary N) is 3. The monoisotopic (exact) mass is 429 g/mol. The normalized spacial score (nSPS) is 17.9. The molecule has 10 heteroatoms. The van der Waals surface area contributed by atoms with Crippen molar-refractivity contribution in [1.82, 2.24) is 20.5 Å². The molecule has 6 N–H and O–H groups in total. The molecular formula is C21H27N5O5. The number of para-hydroxylation sites is 1. The predicted octanol–water partition coefficient (Wildman–Crippen LogP) is -0.266. The van der Waals surface area contributed by atoms with Gasteiger partial charge in [0.25, 0.3) is 0 Å². The molecule has 1 saturated heterocycles. The van der Waals surface area contributed by atoms with Crippen molar-refractivity contribution in [1.29, 1.82) is 0 Å². The molecule has 1 aliphatic heterocycles. The van der Waals surface area contributed by atoms with E-state index in [-0.39, 0.29) is 6.54 Å². The third-order valence-electron chi connectivity index (χ3n) is 5.44. The average molecular weight is 429 g/mol. The van der Waals surface area contributed by atoms with Crippen LogP contribution in [-0.4, -0.2) is 69.9 Å². The number of carbonyl (C=O) groups is 4. The SMILES string of the molecule is CC(NC(=O)CNC(=O)C(N)Cc1c[nH]c2ccccc12)C(=O)N1CCCC1C(=O)O. The molecule has 10 nitrogen and oxygen atoms in total. The van der Waals surface area contributed by atoms with E-state index in [1.165, 1.54) is 11.8 Å². The highest BCUT2D eigenvalue weighted by Gasteiger charge is 2.36. The minimum absolute atomic E-state index is 0.303. The van der Waals surface area contributed by atoms with E-state index in [0.717, 1.165) is 16.5 Å². The van der Waals surface area contributed by atoms with Gasteiger partial charge in [0.05, 0.1) is 12.6 Å². The van der Waals surface area contributed by atoms with Crippen molar-refractivity contribution in [3.8, 4) is 0 Å². The van der Waals surface area contributed by atoms with Crippen LogP contribution in [0.1, 0.15) is 25.3 Å². The summed E-state index contributed by atoms with van der Waals surface area (Å²) in [6, 6.07) is 5.07. The first-order valence-corrected chi connectivity index (χ1v) is 10.2. The predicted molar refractivity (Wildman–Crippen MR) is 113 cm³/mol. The number of carboxylic acids is 1. The van der Waals surface area contributed by atoms with Crippen LogP contribution < -0.4 is 16.4 Å². The Morgan fingerprint density at radius 1 is 1.29 bits per heavy atom. The number of likely N-dealkylation sites (tertiary alicyclic amines) is 1. The van der Waals surface area contributed by atoms with Crippen LogP contribution in [0.25, 0.3) is 10.9 Å². The third kappa shape index (κ3) is 5.21. The summed E-state index contributed by atoms with van der Waals surface area (Å²) in [5.41, 5.74) is 7.84. The summed E-state index contributed by atoms with van der Waals surface area (Å²) in [7, 11) is 0. The second-order valence-electron chi connectivity index (χ2n) is 7.71. The fourth-order valence-corrected chi connectivity index (χ4v) is 3.82. The number of carboxylic acid groups (broad SMARTS) is 1. The van der Waals surface area contributed by atoms with E-state index >= 15 is 0 Å². The number of benzene rings is 1. The number of nitrogens with two attached hydrogens (primary N) is 1. The lowest BCUT2D eigenvalue weighted by molar-refractivity contribution is -0.149. The summed E-state index contributed by atoms with van der Waals surface area (Å²) in [5.74, 6) is -2.55. The number of fused-ring (bicyclic) bond motifs is 1. The summed E-state index contributed by atoms with van der Waals surface area (Å²) >= 11 is 0. The number of H-pyrrole nitrogens is 1. The molecule has 2 heterocycles. The van der Waals surface area contributed by atoms with E-state index in [1.54, 1.807) is 6.20 Å². The average Bonchev–Trinajstić information content (AvgIpc) is 3.39. The summed E-state index contributed by atoms with van der Waals surface area (Å²) < 4.78 is 0. The first-order valence-electron chi connectivity index (χ1n) is 10.2. The minimum atomic E-state index is -1.05. The largest absolute Gasteiger partial charge is 0.480 e. The molecule has 0 bridgehead atoms. The molecule has 3 atom stereocenters. The van der Waals surface area contributed by atoms with Gasteiger partial charge in [-0.15, -0.1) is 0 Å². The highest BCUT2D eigenvalue weighted by Crippen LogP contribution is 2.19. The highest BCUT2D eigenvalue weighted by atomic mass is 16.4. The molecule has 3 unspecified atom stereocenters. The topological polar surface area (TPSA) is 158 Å². The number of hydrogen-bond acceptors (Lipinski definition) is 5.